The van der Waals surface area contributed by atoms with Crippen molar-refractivity contribution < 1.29 is 5.11 Å². The fourth-order valence-corrected chi connectivity index (χ4v) is 1.94. The number of rotatable bonds is 4. The Bertz CT molecular complexity index is 395. The largest absolute Gasteiger partial charge is 0.395 e. The third-order valence-corrected chi connectivity index (χ3v) is 3.03. The van der Waals surface area contributed by atoms with Crippen LogP contribution in [-0.4, -0.2) is 29.3 Å². The van der Waals surface area contributed by atoms with Crippen molar-refractivity contribution in [1.82, 2.24) is 4.98 Å². The molecule has 0 amide bonds. The van der Waals surface area contributed by atoms with Crippen LogP contribution in [0.1, 0.15) is 24.8 Å². The molecule has 0 aromatic carbocycles. The lowest BCUT2D eigenvalue weighted by Gasteiger charge is -2.38. The highest BCUT2D eigenvalue weighted by Crippen LogP contribution is 2.28. The summed E-state index contributed by atoms with van der Waals surface area (Å²) in [7, 11) is 0. The molecule has 1 aromatic heterocycles. The Morgan fingerprint density at radius 2 is 2.38 bits per heavy atom. The Morgan fingerprint density at radius 1 is 1.56 bits per heavy atom. The van der Waals surface area contributed by atoms with E-state index >= 15 is 0 Å². The van der Waals surface area contributed by atoms with Gasteiger partial charge in [-0.1, -0.05) is 0 Å². The fourth-order valence-electron chi connectivity index (χ4n) is 1.94. The van der Waals surface area contributed by atoms with Gasteiger partial charge in [-0.2, -0.15) is 5.26 Å². The predicted octanol–water partition coefficient (Wildman–Crippen LogP) is 1.30. The van der Waals surface area contributed by atoms with E-state index in [0.29, 0.717) is 18.2 Å². The molecule has 0 aliphatic heterocycles. The molecular formula is C12H15N3O. The minimum absolute atomic E-state index is 0.120. The quantitative estimate of drug-likeness (QED) is 0.826. The van der Waals surface area contributed by atoms with Crippen molar-refractivity contribution in [3.8, 4) is 6.07 Å². The van der Waals surface area contributed by atoms with Crippen LogP contribution in [0.4, 0.5) is 5.82 Å². The molecule has 4 heteroatoms. The molecule has 2 rings (SSSR count). The van der Waals surface area contributed by atoms with Crippen molar-refractivity contribution in [2.24, 2.45) is 0 Å². The third kappa shape index (κ3) is 2.15. The van der Waals surface area contributed by atoms with Crippen LogP contribution in [0.5, 0.6) is 0 Å². The molecule has 0 saturated heterocycles. The summed E-state index contributed by atoms with van der Waals surface area (Å²) in [6, 6.07) is 6.07. The zero-order valence-corrected chi connectivity index (χ0v) is 9.13. The number of nitriles is 1. The number of pyridine rings is 1. The van der Waals surface area contributed by atoms with Gasteiger partial charge in [0.2, 0.25) is 0 Å². The Morgan fingerprint density at radius 3 is 2.94 bits per heavy atom. The van der Waals surface area contributed by atoms with Gasteiger partial charge in [0, 0.05) is 18.8 Å². The molecule has 0 spiro atoms. The molecule has 1 fully saturated rings. The monoisotopic (exact) mass is 217 g/mol. The van der Waals surface area contributed by atoms with Crippen molar-refractivity contribution in [2.45, 2.75) is 25.3 Å². The lowest BCUT2D eigenvalue weighted by atomic mass is 9.91. The van der Waals surface area contributed by atoms with Gasteiger partial charge in [0.25, 0.3) is 0 Å². The normalized spacial score (nSPS) is 15.2. The molecule has 0 unspecified atom stereocenters. The van der Waals surface area contributed by atoms with Gasteiger partial charge in [-0.25, -0.2) is 4.98 Å². The first-order valence-corrected chi connectivity index (χ1v) is 5.59. The van der Waals surface area contributed by atoms with Crippen LogP contribution in [0.15, 0.2) is 18.3 Å². The number of hydrogen-bond acceptors (Lipinski definition) is 4. The molecule has 16 heavy (non-hydrogen) atoms. The Balaban J connectivity index is 2.20. The van der Waals surface area contributed by atoms with Crippen LogP contribution in [0.25, 0.3) is 0 Å². The van der Waals surface area contributed by atoms with E-state index in [1.807, 2.05) is 0 Å². The lowest BCUT2D eigenvalue weighted by molar-refractivity contribution is 0.283. The van der Waals surface area contributed by atoms with Crippen molar-refractivity contribution in [3.05, 3.63) is 23.9 Å². The third-order valence-electron chi connectivity index (χ3n) is 3.03. The van der Waals surface area contributed by atoms with Crippen molar-refractivity contribution in [2.75, 3.05) is 18.1 Å². The summed E-state index contributed by atoms with van der Waals surface area (Å²) in [6.45, 7) is 0.710. The Hall–Kier alpha value is -1.60. The van der Waals surface area contributed by atoms with E-state index in [9.17, 15) is 0 Å². The van der Waals surface area contributed by atoms with Crippen LogP contribution >= 0.6 is 0 Å². The zero-order chi connectivity index (χ0) is 11.4. The minimum atomic E-state index is 0.120. The number of aliphatic hydroxyl groups is 1. The summed E-state index contributed by atoms with van der Waals surface area (Å²) in [5, 5.41) is 17.9. The van der Waals surface area contributed by atoms with Crippen LogP contribution in [0.2, 0.25) is 0 Å². The van der Waals surface area contributed by atoms with Gasteiger partial charge in [0.05, 0.1) is 18.2 Å². The maximum atomic E-state index is 9.06. The van der Waals surface area contributed by atoms with Crippen molar-refractivity contribution in [3.63, 3.8) is 0 Å². The van der Waals surface area contributed by atoms with Crippen molar-refractivity contribution >= 4 is 5.82 Å². The summed E-state index contributed by atoms with van der Waals surface area (Å²) < 4.78 is 0. The van der Waals surface area contributed by atoms with Gasteiger partial charge >= 0.3 is 0 Å². The maximum Gasteiger partial charge on any atom is 0.130 e. The molecule has 0 bridgehead atoms. The first-order chi connectivity index (χ1) is 7.85. The molecule has 1 saturated carbocycles. The smallest absolute Gasteiger partial charge is 0.130 e. The average molecular weight is 217 g/mol. The average Bonchev–Trinajstić information content (AvgIpc) is 2.26. The predicted molar refractivity (Wildman–Crippen MR) is 61.0 cm³/mol. The molecule has 84 valence electrons. The van der Waals surface area contributed by atoms with Gasteiger partial charge in [0.15, 0.2) is 0 Å². The Labute approximate surface area is 95.1 Å². The van der Waals surface area contributed by atoms with E-state index in [2.05, 4.69) is 16.0 Å². The molecule has 0 radical (unpaired) electrons. The van der Waals surface area contributed by atoms with Gasteiger partial charge in [-0.15, -0.1) is 0 Å². The number of anilines is 1. The van der Waals surface area contributed by atoms with Crippen LogP contribution in [-0.2, 0) is 0 Å². The molecule has 1 heterocycles. The van der Waals surface area contributed by atoms with E-state index in [-0.39, 0.29) is 6.61 Å². The second-order valence-corrected chi connectivity index (χ2v) is 4.02. The molecular weight excluding hydrogens is 202 g/mol. The molecule has 4 nitrogen and oxygen atoms in total. The summed E-state index contributed by atoms with van der Waals surface area (Å²) in [5.41, 5.74) is 0.618. The van der Waals surface area contributed by atoms with Gasteiger partial charge in [-0.05, 0) is 31.4 Å². The van der Waals surface area contributed by atoms with E-state index < -0.39 is 0 Å². The number of hydrogen-bond donors (Lipinski definition) is 1. The van der Waals surface area contributed by atoms with E-state index in [1.165, 1.54) is 6.42 Å². The standard InChI is InChI=1S/C12H15N3O/c13-9-10-4-5-14-12(8-10)15(6-7-16)11-2-1-3-11/h4-5,8,11,16H,1-3,6-7H2. The van der Waals surface area contributed by atoms with Gasteiger partial charge in [0.1, 0.15) is 5.82 Å². The zero-order valence-electron chi connectivity index (χ0n) is 9.13. The molecule has 1 aromatic rings. The second-order valence-electron chi connectivity index (χ2n) is 4.02. The van der Waals surface area contributed by atoms with Crippen molar-refractivity contribution in [1.29, 1.82) is 5.26 Å². The molecule has 1 N–H and O–H groups in total. The topological polar surface area (TPSA) is 60.2 Å². The van der Waals surface area contributed by atoms with Gasteiger partial charge in [-0.3, -0.25) is 0 Å². The first kappa shape index (κ1) is 10.9. The summed E-state index contributed by atoms with van der Waals surface area (Å²) >= 11 is 0. The van der Waals surface area contributed by atoms with Gasteiger partial charge < -0.3 is 10.0 Å². The minimum Gasteiger partial charge on any atom is -0.395 e. The summed E-state index contributed by atoms with van der Waals surface area (Å²) in [5.74, 6) is 0.804. The molecule has 0 atom stereocenters. The number of aromatic nitrogens is 1. The van der Waals surface area contributed by atoms with Crippen LogP contribution in [0, 0.1) is 11.3 Å². The highest BCUT2D eigenvalue weighted by molar-refractivity contribution is 5.46. The molecule has 1 aliphatic carbocycles. The van der Waals surface area contributed by atoms with Crippen LogP contribution in [0.3, 0.4) is 0 Å². The maximum absolute atomic E-state index is 9.06. The Kier molecular flexibility index (Phi) is 3.37. The first-order valence-electron chi connectivity index (χ1n) is 5.59. The fraction of sp³-hybridized carbons (Fsp3) is 0.500. The van der Waals surface area contributed by atoms with E-state index in [4.69, 9.17) is 10.4 Å². The highest BCUT2D eigenvalue weighted by Gasteiger charge is 2.25. The SMILES string of the molecule is N#Cc1ccnc(N(CCO)C2CCC2)c1. The number of aliphatic hydroxyl groups excluding tert-OH is 1. The summed E-state index contributed by atoms with van der Waals surface area (Å²) in [6.07, 6.45) is 5.19. The lowest BCUT2D eigenvalue weighted by Crippen LogP contribution is -2.42. The van der Waals surface area contributed by atoms with Crippen LogP contribution < -0.4 is 4.90 Å². The summed E-state index contributed by atoms with van der Waals surface area (Å²) in [4.78, 5) is 6.37. The number of nitrogens with zero attached hydrogens (tertiary/aromatic N) is 3. The highest BCUT2D eigenvalue weighted by atomic mass is 16.3. The molecule has 1 aliphatic rings. The second kappa shape index (κ2) is 4.95. The van der Waals surface area contributed by atoms with E-state index in [1.54, 1.807) is 18.3 Å². The van der Waals surface area contributed by atoms with E-state index in [0.717, 1.165) is 18.7 Å².